The summed E-state index contributed by atoms with van der Waals surface area (Å²) in [7, 11) is 0. The van der Waals surface area contributed by atoms with Gasteiger partial charge in [0.25, 0.3) is 5.69 Å². The number of nitrogens with one attached hydrogen (secondary N) is 2. The monoisotopic (exact) mass is 309 g/mol. The van der Waals surface area contributed by atoms with Gasteiger partial charge >= 0.3 is 0 Å². The van der Waals surface area contributed by atoms with Gasteiger partial charge in [-0.25, -0.2) is 4.98 Å². The molecule has 7 nitrogen and oxygen atoms in total. The summed E-state index contributed by atoms with van der Waals surface area (Å²) in [5.74, 6) is 0.845. The van der Waals surface area contributed by atoms with Gasteiger partial charge in [0.2, 0.25) is 0 Å². The molecule has 1 heterocycles. The third kappa shape index (κ3) is 3.52. The maximum atomic E-state index is 10.6. The van der Waals surface area contributed by atoms with Gasteiger partial charge in [-0.2, -0.15) is 5.10 Å². The van der Waals surface area contributed by atoms with Crippen molar-refractivity contribution in [2.45, 2.75) is 13.3 Å². The van der Waals surface area contributed by atoms with E-state index in [1.54, 1.807) is 12.1 Å². The number of imidazole rings is 1. The molecule has 3 aromatic rings. The summed E-state index contributed by atoms with van der Waals surface area (Å²) >= 11 is 0. The number of benzene rings is 2. The summed E-state index contributed by atoms with van der Waals surface area (Å²) in [4.78, 5) is 17.9. The van der Waals surface area contributed by atoms with E-state index in [-0.39, 0.29) is 5.69 Å². The first-order valence-corrected chi connectivity index (χ1v) is 7.09. The second-order valence-corrected chi connectivity index (χ2v) is 5.14. The topological polar surface area (TPSA) is 96.2 Å². The number of hydrogen-bond acceptors (Lipinski definition) is 5. The van der Waals surface area contributed by atoms with Crippen molar-refractivity contribution >= 4 is 28.1 Å². The molecule has 0 saturated heterocycles. The molecule has 0 bridgehead atoms. The lowest BCUT2D eigenvalue weighted by Crippen LogP contribution is -2.03. The van der Waals surface area contributed by atoms with Crippen molar-refractivity contribution < 1.29 is 4.92 Å². The minimum absolute atomic E-state index is 0.0542. The van der Waals surface area contributed by atoms with Crippen molar-refractivity contribution in [1.82, 2.24) is 9.97 Å². The largest absolute Gasteiger partial charge is 0.342 e. The molecule has 23 heavy (non-hydrogen) atoms. The van der Waals surface area contributed by atoms with Gasteiger partial charge in [-0.05, 0) is 31.2 Å². The first-order valence-electron chi connectivity index (χ1n) is 7.09. The van der Waals surface area contributed by atoms with Gasteiger partial charge < -0.3 is 4.98 Å². The lowest BCUT2D eigenvalue weighted by molar-refractivity contribution is -0.384. The normalized spacial score (nSPS) is 11.6. The fourth-order valence-corrected chi connectivity index (χ4v) is 2.19. The molecule has 0 aliphatic carbocycles. The first-order chi connectivity index (χ1) is 11.1. The highest BCUT2D eigenvalue weighted by Crippen LogP contribution is 2.15. The third-order valence-corrected chi connectivity index (χ3v) is 3.32. The molecular weight excluding hydrogens is 294 g/mol. The number of aromatic nitrogens is 2. The highest BCUT2D eigenvalue weighted by atomic mass is 16.6. The van der Waals surface area contributed by atoms with Crippen LogP contribution in [0.15, 0.2) is 53.6 Å². The average Bonchev–Trinajstić information content (AvgIpc) is 2.95. The van der Waals surface area contributed by atoms with Crippen LogP contribution in [0, 0.1) is 10.1 Å². The van der Waals surface area contributed by atoms with Crippen molar-refractivity contribution in [3.05, 3.63) is 64.5 Å². The summed E-state index contributed by atoms with van der Waals surface area (Å²) in [6, 6.07) is 14.0. The molecule has 116 valence electrons. The predicted molar refractivity (Wildman–Crippen MR) is 89.6 cm³/mol. The van der Waals surface area contributed by atoms with Crippen LogP contribution in [-0.2, 0) is 6.42 Å². The van der Waals surface area contributed by atoms with E-state index in [0.29, 0.717) is 12.1 Å². The van der Waals surface area contributed by atoms with E-state index in [2.05, 4.69) is 20.5 Å². The molecule has 0 spiro atoms. The molecule has 0 aliphatic rings. The molecule has 2 N–H and O–H groups in total. The first kappa shape index (κ1) is 14.7. The number of nitro groups is 1. The molecule has 7 heteroatoms. The Labute approximate surface area is 132 Å². The van der Waals surface area contributed by atoms with E-state index in [4.69, 9.17) is 0 Å². The zero-order valence-corrected chi connectivity index (χ0v) is 12.5. The standard InChI is InChI=1S/C16H15N5O2/c1-11(10-16-17-14-4-2-3-5-15(14)18-16)19-20-12-6-8-13(9-7-12)21(22)23/h2-9,20H,10H2,1H3,(H,17,18). The molecular formula is C16H15N5O2. The Bertz CT molecular complexity index is 835. The van der Waals surface area contributed by atoms with E-state index in [9.17, 15) is 10.1 Å². The van der Waals surface area contributed by atoms with Crippen LogP contribution in [0.25, 0.3) is 11.0 Å². The molecule has 0 saturated carbocycles. The number of para-hydroxylation sites is 2. The number of non-ortho nitro benzene ring substituents is 1. The van der Waals surface area contributed by atoms with E-state index in [1.165, 1.54) is 12.1 Å². The van der Waals surface area contributed by atoms with Crippen LogP contribution in [-0.4, -0.2) is 20.6 Å². The predicted octanol–water partition coefficient (Wildman–Crippen LogP) is 3.50. The Morgan fingerprint density at radius 2 is 2.00 bits per heavy atom. The van der Waals surface area contributed by atoms with Crippen molar-refractivity contribution in [1.29, 1.82) is 0 Å². The summed E-state index contributed by atoms with van der Waals surface area (Å²) in [6.45, 7) is 1.89. The molecule has 0 unspecified atom stereocenters. The molecule has 0 atom stereocenters. The molecule has 0 fully saturated rings. The van der Waals surface area contributed by atoms with Crippen LogP contribution in [0.2, 0.25) is 0 Å². The van der Waals surface area contributed by atoms with E-state index in [1.807, 2.05) is 31.2 Å². The van der Waals surface area contributed by atoms with Crippen LogP contribution in [0.4, 0.5) is 11.4 Å². The Morgan fingerprint density at radius 1 is 1.26 bits per heavy atom. The number of H-pyrrole nitrogens is 1. The second-order valence-electron chi connectivity index (χ2n) is 5.14. The lowest BCUT2D eigenvalue weighted by atomic mass is 10.3. The number of nitro benzene ring substituents is 1. The van der Waals surface area contributed by atoms with Gasteiger partial charge in [-0.15, -0.1) is 0 Å². The van der Waals surface area contributed by atoms with E-state index < -0.39 is 4.92 Å². The fourth-order valence-electron chi connectivity index (χ4n) is 2.19. The lowest BCUT2D eigenvalue weighted by Gasteiger charge is -2.02. The number of rotatable bonds is 5. The summed E-state index contributed by atoms with van der Waals surface area (Å²) in [6.07, 6.45) is 0.592. The van der Waals surface area contributed by atoms with Crippen LogP contribution in [0.1, 0.15) is 12.7 Å². The summed E-state index contributed by atoms with van der Waals surface area (Å²) in [5, 5.41) is 14.9. The molecule has 2 aromatic carbocycles. The highest BCUT2D eigenvalue weighted by Gasteiger charge is 2.05. The highest BCUT2D eigenvalue weighted by molar-refractivity contribution is 5.85. The Kier molecular flexibility index (Phi) is 4.01. The number of fused-ring (bicyclic) bond motifs is 1. The fraction of sp³-hybridized carbons (Fsp3) is 0.125. The smallest absolute Gasteiger partial charge is 0.269 e. The van der Waals surface area contributed by atoms with Gasteiger partial charge in [0.1, 0.15) is 5.82 Å². The van der Waals surface area contributed by atoms with Crippen LogP contribution in [0.5, 0.6) is 0 Å². The van der Waals surface area contributed by atoms with Gasteiger partial charge in [0.05, 0.1) is 21.6 Å². The van der Waals surface area contributed by atoms with Crippen molar-refractivity contribution in [3.63, 3.8) is 0 Å². The Morgan fingerprint density at radius 3 is 2.70 bits per heavy atom. The van der Waals surface area contributed by atoms with E-state index in [0.717, 1.165) is 22.6 Å². The molecule has 0 amide bonds. The van der Waals surface area contributed by atoms with Crippen LogP contribution >= 0.6 is 0 Å². The summed E-state index contributed by atoms with van der Waals surface area (Å²) in [5.41, 5.74) is 6.41. The van der Waals surface area contributed by atoms with Gasteiger partial charge in [-0.3, -0.25) is 15.5 Å². The maximum absolute atomic E-state index is 10.6. The van der Waals surface area contributed by atoms with Gasteiger partial charge in [0.15, 0.2) is 0 Å². The Balaban J connectivity index is 1.66. The number of hydrazone groups is 1. The molecule has 1 aromatic heterocycles. The third-order valence-electron chi connectivity index (χ3n) is 3.32. The van der Waals surface area contributed by atoms with Crippen molar-refractivity contribution in [2.75, 3.05) is 5.43 Å². The van der Waals surface area contributed by atoms with Crippen LogP contribution in [0.3, 0.4) is 0 Å². The summed E-state index contributed by atoms with van der Waals surface area (Å²) < 4.78 is 0. The SMILES string of the molecule is CC(Cc1nc2ccccc2[nH]1)=NNc1ccc([N+](=O)[O-])cc1. The van der Waals surface area contributed by atoms with Gasteiger partial charge in [0, 0.05) is 24.3 Å². The average molecular weight is 309 g/mol. The van der Waals surface area contributed by atoms with Crippen molar-refractivity contribution in [2.24, 2.45) is 5.10 Å². The Hall–Kier alpha value is -3.22. The molecule has 3 rings (SSSR count). The maximum Gasteiger partial charge on any atom is 0.269 e. The van der Waals surface area contributed by atoms with Gasteiger partial charge in [-0.1, -0.05) is 12.1 Å². The quantitative estimate of drug-likeness (QED) is 0.428. The molecule has 0 aliphatic heterocycles. The van der Waals surface area contributed by atoms with Crippen molar-refractivity contribution in [3.8, 4) is 0 Å². The minimum atomic E-state index is -0.431. The van der Waals surface area contributed by atoms with E-state index >= 15 is 0 Å². The number of nitrogens with zero attached hydrogens (tertiary/aromatic N) is 3. The molecule has 0 radical (unpaired) electrons. The minimum Gasteiger partial charge on any atom is -0.342 e. The zero-order valence-electron chi connectivity index (χ0n) is 12.5. The number of anilines is 1. The zero-order chi connectivity index (χ0) is 16.2. The van der Waals surface area contributed by atoms with Crippen LogP contribution < -0.4 is 5.43 Å². The number of hydrogen-bond donors (Lipinski definition) is 2. The second kappa shape index (κ2) is 6.27. The number of aromatic amines is 1.